The van der Waals surface area contributed by atoms with Gasteiger partial charge in [-0.25, -0.2) is 14.8 Å². The van der Waals surface area contributed by atoms with Crippen molar-refractivity contribution in [3.8, 4) is 0 Å². The molecule has 0 saturated carbocycles. The maximum Gasteiger partial charge on any atom is 0.339 e. The first-order chi connectivity index (χ1) is 14.2. The molecule has 0 bridgehead atoms. The number of anilines is 1. The van der Waals surface area contributed by atoms with Crippen LogP contribution in [0.3, 0.4) is 0 Å². The highest BCUT2D eigenvalue weighted by Crippen LogP contribution is 2.24. The molecule has 0 spiro atoms. The van der Waals surface area contributed by atoms with E-state index in [0.29, 0.717) is 12.5 Å². The second kappa shape index (κ2) is 10.9. The molecule has 1 saturated heterocycles. The predicted octanol–water partition coefficient (Wildman–Crippen LogP) is 3.97. The van der Waals surface area contributed by atoms with Crippen molar-refractivity contribution in [3.05, 3.63) is 53.9 Å². The zero-order valence-electron chi connectivity index (χ0n) is 17.4. The smallest absolute Gasteiger partial charge is 0.339 e. The highest BCUT2D eigenvalue weighted by molar-refractivity contribution is 5.76. The number of ether oxygens (including phenoxy) is 2. The SMILES string of the molecule is CCCc1cnc(N2CCC(CCOC(=O)C(OC)c3ccccc3)CC2)nc1. The Labute approximate surface area is 173 Å². The lowest BCUT2D eigenvalue weighted by atomic mass is 9.94. The van der Waals surface area contributed by atoms with Crippen molar-refractivity contribution in [2.24, 2.45) is 5.92 Å². The topological polar surface area (TPSA) is 64.6 Å². The third kappa shape index (κ3) is 6.00. The molecule has 0 N–H and O–H groups in total. The number of nitrogens with zero attached hydrogens (tertiary/aromatic N) is 3. The minimum atomic E-state index is -0.661. The van der Waals surface area contributed by atoms with Crippen LogP contribution in [-0.2, 0) is 20.7 Å². The van der Waals surface area contributed by atoms with Crippen molar-refractivity contribution in [1.82, 2.24) is 9.97 Å². The average molecular weight is 398 g/mol. The Morgan fingerprint density at radius 2 is 1.86 bits per heavy atom. The molecule has 1 aromatic carbocycles. The van der Waals surface area contributed by atoms with Crippen molar-refractivity contribution in [2.45, 2.75) is 45.1 Å². The van der Waals surface area contributed by atoms with Crippen LogP contribution in [-0.4, -0.2) is 42.7 Å². The van der Waals surface area contributed by atoms with Gasteiger partial charge in [0.2, 0.25) is 5.95 Å². The number of benzene rings is 1. The summed E-state index contributed by atoms with van der Waals surface area (Å²) in [6.45, 7) is 4.47. The number of carbonyl (C=O) groups excluding carboxylic acids is 1. The van der Waals surface area contributed by atoms with Crippen LogP contribution in [0.2, 0.25) is 0 Å². The van der Waals surface area contributed by atoms with E-state index >= 15 is 0 Å². The minimum absolute atomic E-state index is 0.322. The fourth-order valence-electron chi connectivity index (χ4n) is 3.75. The van der Waals surface area contributed by atoms with Gasteiger partial charge in [-0.1, -0.05) is 43.7 Å². The number of hydrogen-bond donors (Lipinski definition) is 0. The fraction of sp³-hybridized carbons (Fsp3) is 0.522. The summed E-state index contributed by atoms with van der Waals surface area (Å²) >= 11 is 0. The third-order valence-electron chi connectivity index (χ3n) is 5.45. The van der Waals surface area contributed by atoms with Gasteiger partial charge >= 0.3 is 5.97 Å². The Morgan fingerprint density at radius 3 is 2.48 bits per heavy atom. The summed E-state index contributed by atoms with van der Waals surface area (Å²) in [5, 5.41) is 0. The van der Waals surface area contributed by atoms with Gasteiger partial charge in [-0.2, -0.15) is 0 Å². The summed E-state index contributed by atoms with van der Waals surface area (Å²) in [5.41, 5.74) is 2.01. The number of aryl methyl sites for hydroxylation is 1. The summed E-state index contributed by atoms with van der Waals surface area (Å²) < 4.78 is 10.8. The molecule has 29 heavy (non-hydrogen) atoms. The maximum atomic E-state index is 12.4. The zero-order chi connectivity index (χ0) is 20.5. The summed E-state index contributed by atoms with van der Waals surface area (Å²) in [7, 11) is 1.53. The van der Waals surface area contributed by atoms with Gasteiger partial charge in [0.1, 0.15) is 0 Å². The Bertz CT molecular complexity index is 744. The number of methoxy groups -OCH3 is 1. The summed E-state index contributed by atoms with van der Waals surface area (Å²) in [4.78, 5) is 23.6. The Hall–Kier alpha value is -2.47. The number of rotatable bonds is 9. The summed E-state index contributed by atoms with van der Waals surface area (Å²) in [6, 6.07) is 9.45. The quantitative estimate of drug-likeness (QED) is 0.597. The molecule has 1 fully saturated rings. The Morgan fingerprint density at radius 1 is 1.17 bits per heavy atom. The Balaban J connectivity index is 1.40. The molecular weight excluding hydrogens is 366 g/mol. The lowest BCUT2D eigenvalue weighted by Gasteiger charge is -2.32. The predicted molar refractivity (Wildman–Crippen MR) is 113 cm³/mol. The van der Waals surface area contributed by atoms with Gasteiger partial charge in [0.25, 0.3) is 0 Å². The molecule has 6 heteroatoms. The maximum absolute atomic E-state index is 12.4. The van der Waals surface area contributed by atoms with Crippen molar-refractivity contribution >= 4 is 11.9 Å². The molecule has 1 aliphatic rings. The molecule has 3 rings (SSSR count). The largest absolute Gasteiger partial charge is 0.463 e. The zero-order valence-corrected chi connectivity index (χ0v) is 17.4. The second-order valence-corrected chi connectivity index (χ2v) is 7.55. The molecule has 1 atom stereocenters. The average Bonchev–Trinajstić information content (AvgIpc) is 2.76. The van der Waals surface area contributed by atoms with Crippen molar-refractivity contribution < 1.29 is 14.3 Å². The molecule has 156 valence electrons. The molecule has 0 aliphatic carbocycles. The second-order valence-electron chi connectivity index (χ2n) is 7.55. The van der Waals surface area contributed by atoms with E-state index < -0.39 is 6.10 Å². The molecule has 2 aromatic rings. The van der Waals surface area contributed by atoms with Crippen LogP contribution >= 0.6 is 0 Å². The lowest BCUT2D eigenvalue weighted by Crippen LogP contribution is -2.35. The number of hydrogen-bond acceptors (Lipinski definition) is 6. The van der Waals surface area contributed by atoms with E-state index in [1.165, 1.54) is 12.7 Å². The lowest BCUT2D eigenvalue weighted by molar-refractivity contribution is -0.156. The van der Waals surface area contributed by atoms with E-state index in [-0.39, 0.29) is 5.97 Å². The van der Waals surface area contributed by atoms with Crippen LogP contribution in [0.15, 0.2) is 42.7 Å². The number of piperidine rings is 1. The standard InChI is InChI=1S/C23H31N3O3/c1-3-7-19-16-24-23(25-17-19)26-13-10-18(11-14-26)12-15-29-22(27)21(28-2)20-8-5-4-6-9-20/h4-6,8-9,16-18,21H,3,7,10-15H2,1-2H3. The van der Waals surface area contributed by atoms with E-state index in [9.17, 15) is 4.79 Å². The van der Waals surface area contributed by atoms with Crippen molar-refractivity contribution in [3.63, 3.8) is 0 Å². The van der Waals surface area contributed by atoms with E-state index in [1.54, 1.807) is 0 Å². The number of esters is 1. The molecule has 1 unspecified atom stereocenters. The molecule has 2 heterocycles. The van der Waals surface area contributed by atoms with Crippen LogP contribution in [0.25, 0.3) is 0 Å². The first-order valence-corrected chi connectivity index (χ1v) is 10.5. The van der Waals surface area contributed by atoms with Crippen LogP contribution in [0, 0.1) is 5.92 Å². The number of aromatic nitrogens is 2. The first-order valence-electron chi connectivity index (χ1n) is 10.5. The van der Waals surface area contributed by atoms with Gasteiger partial charge in [-0.05, 0) is 42.7 Å². The summed E-state index contributed by atoms with van der Waals surface area (Å²) in [6.07, 6.45) is 8.34. The Kier molecular flexibility index (Phi) is 7.99. The van der Waals surface area contributed by atoms with Crippen LogP contribution < -0.4 is 4.90 Å². The number of carbonyl (C=O) groups is 1. The minimum Gasteiger partial charge on any atom is -0.463 e. The normalized spacial score (nSPS) is 15.9. The monoisotopic (exact) mass is 397 g/mol. The molecule has 1 aromatic heterocycles. The van der Waals surface area contributed by atoms with Crippen molar-refractivity contribution in [2.75, 3.05) is 31.7 Å². The van der Waals surface area contributed by atoms with Crippen LogP contribution in [0.5, 0.6) is 0 Å². The van der Waals surface area contributed by atoms with E-state index in [4.69, 9.17) is 9.47 Å². The fourth-order valence-corrected chi connectivity index (χ4v) is 3.75. The van der Waals surface area contributed by atoms with Crippen LogP contribution in [0.1, 0.15) is 49.8 Å². The van der Waals surface area contributed by atoms with E-state index in [0.717, 1.165) is 56.7 Å². The van der Waals surface area contributed by atoms with Gasteiger partial charge in [0.15, 0.2) is 6.10 Å². The highest BCUT2D eigenvalue weighted by atomic mass is 16.6. The molecule has 1 aliphatic heterocycles. The molecule has 0 radical (unpaired) electrons. The third-order valence-corrected chi connectivity index (χ3v) is 5.45. The van der Waals surface area contributed by atoms with E-state index in [2.05, 4.69) is 21.8 Å². The van der Waals surface area contributed by atoms with E-state index in [1.807, 2.05) is 42.7 Å². The van der Waals surface area contributed by atoms with Gasteiger partial charge in [0.05, 0.1) is 6.61 Å². The first kappa shape index (κ1) is 21.2. The molecular formula is C23H31N3O3. The van der Waals surface area contributed by atoms with Gasteiger partial charge in [-0.15, -0.1) is 0 Å². The van der Waals surface area contributed by atoms with Gasteiger partial charge in [-0.3, -0.25) is 0 Å². The summed E-state index contributed by atoms with van der Waals surface area (Å²) in [5.74, 6) is 1.05. The van der Waals surface area contributed by atoms with Crippen molar-refractivity contribution in [1.29, 1.82) is 0 Å². The van der Waals surface area contributed by atoms with Crippen LogP contribution in [0.4, 0.5) is 5.95 Å². The highest BCUT2D eigenvalue weighted by Gasteiger charge is 2.24. The molecule has 0 amide bonds. The van der Waals surface area contributed by atoms with Gasteiger partial charge < -0.3 is 14.4 Å². The van der Waals surface area contributed by atoms with Gasteiger partial charge in [0, 0.05) is 32.6 Å². The molecule has 6 nitrogen and oxygen atoms in total.